The molecule has 1 aliphatic heterocycles. The molecule has 172 valence electrons. The van der Waals surface area contributed by atoms with Crippen molar-refractivity contribution in [3.63, 3.8) is 0 Å². The first kappa shape index (κ1) is 22.6. The lowest BCUT2D eigenvalue weighted by molar-refractivity contribution is 0.102. The number of hydrogen-bond donors (Lipinski definition) is 0. The van der Waals surface area contributed by atoms with E-state index in [-0.39, 0.29) is 29.7 Å². The van der Waals surface area contributed by atoms with Crippen LogP contribution < -0.4 is 19.9 Å². The van der Waals surface area contributed by atoms with Gasteiger partial charge >= 0.3 is 0 Å². The highest BCUT2D eigenvalue weighted by Gasteiger charge is 2.34. The summed E-state index contributed by atoms with van der Waals surface area (Å²) in [5, 5.41) is 9.33. The van der Waals surface area contributed by atoms with Crippen molar-refractivity contribution in [1.29, 1.82) is 5.26 Å². The molecule has 1 fully saturated rings. The van der Waals surface area contributed by atoms with E-state index in [1.54, 1.807) is 36.0 Å². The lowest BCUT2D eigenvalue weighted by atomic mass is 9.91. The number of pyridine rings is 3. The van der Waals surface area contributed by atoms with Crippen molar-refractivity contribution in [3.8, 4) is 17.7 Å². The van der Waals surface area contributed by atoms with E-state index in [2.05, 4.69) is 34.8 Å². The summed E-state index contributed by atoms with van der Waals surface area (Å²) in [5.74, 6) is 1.48. The van der Waals surface area contributed by atoms with Crippen molar-refractivity contribution in [3.05, 3.63) is 52.6 Å². The van der Waals surface area contributed by atoms with Gasteiger partial charge in [0.2, 0.25) is 5.88 Å². The molecule has 0 spiro atoms. The van der Waals surface area contributed by atoms with Crippen LogP contribution >= 0.6 is 0 Å². The third kappa shape index (κ3) is 4.63. The van der Waals surface area contributed by atoms with E-state index in [9.17, 15) is 10.1 Å². The van der Waals surface area contributed by atoms with E-state index in [0.717, 1.165) is 17.9 Å². The maximum atomic E-state index is 12.6. The molecular weight excluding hydrogens is 418 g/mol. The van der Waals surface area contributed by atoms with Crippen LogP contribution in [0.25, 0.3) is 11.0 Å². The first-order chi connectivity index (χ1) is 15.8. The number of anilines is 1. The minimum absolute atomic E-state index is 0.0129. The molecule has 1 saturated heterocycles. The molecular formula is C25H29N5O3. The van der Waals surface area contributed by atoms with Crippen molar-refractivity contribution < 1.29 is 9.47 Å². The van der Waals surface area contributed by atoms with Gasteiger partial charge in [-0.3, -0.25) is 4.79 Å². The fraction of sp³-hybridized carbons (Fsp3) is 0.440. The summed E-state index contributed by atoms with van der Waals surface area (Å²) >= 11 is 0. The molecule has 0 bridgehead atoms. The van der Waals surface area contributed by atoms with Crippen LogP contribution in [-0.4, -0.2) is 39.3 Å². The SMILES string of the molecule is CC(C)Oc1ccc(OC2C[C@H](C)N(c3cc(=O)n(C)c4ccc(C#N)nc34)C[C@@H]2C)nc1. The van der Waals surface area contributed by atoms with Crippen LogP contribution in [0.5, 0.6) is 11.6 Å². The van der Waals surface area contributed by atoms with Crippen molar-refractivity contribution >= 4 is 16.7 Å². The molecule has 0 aliphatic carbocycles. The van der Waals surface area contributed by atoms with Crippen molar-refractivity contribution in [1.82, 2.24) is 14.5 Å². The van der Waals surface area contributed by atoms with Crippen LogP contribution in [0, 0.1) is 17.2 Å². The maximum absolute atomic E-state index is 12.6. The van der Waals surface area contributed by atoms with Crippen molar-refractivity contribution in [2.75, 3.05) is 11.4 Å². The molecule has 1 aliphatic rings. The Labute approximate surface area is 193 Å². The molecule has 0 N–H and O–H groups in total. The molecule has 0 saturated carbocycles. The van der Waals surface area contributed by atoms with Gasteiger partial charge in [-0.25, -0.2) is 9.97 Å². The average molecular weight is 448 g/mol. The quantitative estimate of drug-likeness (QED) is 0.589. The van der Waals surface area contributed by atoms with Gasteiger partial charge in [-0.2, -0.15) is 5.26 Å². The van der Waals surface area contributed by atoms with Gasteiger partial charge in [-0.05, 0) is 39.0 Å². The van der Waals surface area contributed by atoms with Crippen molar-refractivity contribution in [2.45, 2.75) is 52.4 Å². The number of aromatic nitrogens is 3. The van der Waals surface area contributed by atoms with Gasteiger partial charge in [0.1, 0.15) is 29.1 Å². The Hall–Kier alpha value is -3.60. The van der Waals surface area contributed by atoms with Crippen LogP contribution in [0.3, 0.4) is 0 Å². The number of ether oxygens (including phenoxy) is 2. The maximum Gasteiger partial charge on any atom is 0.252 e. The van der Waals surface area contributed by atoms with Crippen LogP contribution in [0.4, 0.5) is 5.69 Å². The molecule has 1 unspecified atom stereocenters. The third-order valence-electron chi connectivity index (χ3n) is 6.07. The summed E-state index contributed by atoms with van der Waals surface area (Å²) in [4.78, 5) is 23.8. The van der Waals surface area contributed by atoms with Gasteiger partial charge in [0.25, 0.3) is 5.56 Å². The number of fused-ring (bicyclic) bond motifs is 1. The smallest absolute Gasteiger partial charge is 0.252 e. The lowest BCUT2D eigenvalue weighted by Gasteiger charge is -2.42. The number of nitrogens with zero attached hydrogens (tertiary/aromatic N) is 5. The Morgan fingerprint density at radius 3 is 2.67 bits per heavy atom. The first-order valence-corrected chi connectivity index (χ1v) is 11.2. The molecule has 33 heavy (non-hydrogen) atoms. The average Bonchev–Trinajstić information content (AvgIpc) is 2.79. The Bertz CT molecular complexity index is 1250. The number of aryl methyl sites for hydroxylation is 1. The predicted octanol–water partition coefficient (Wildman–Crippen LogP) is 3.67. The highest BCUT2D eigenvalue weighted by molar-refractivity contribution is 5.88. The normalized spacial score (nSPS) is 20.6. The Kier molecular flexibility index (Phi) is 6.23. The highest BCUT2D eigenvalue weighted by atomic mass is 16.5. The van der Waals surface area contributed by atoms with E-state index in [4.69, 9.17) is 9.47 Å². The third-order valence-corrected chi connectivity index (χ3v) is 6.07. The van der Waals surface area contributed by atoms with E-state index in [1.165, 1.54) is 0 Å². The van der Waals surface area contributed by atoms with Gasteiger partial charge in [0.05, 0.1) is 23.5 Å². The molecule has 3 aromatic heterocycles. The molecule has 3 atom stereocenters. The van der Waals surface area contributed by atoms with Crippen LogP contribution in [-0.2, 0) is 7.05 Å². The summed E-state index contributed by atoms with van der Waals surface area (Å²) in [6.45, 7) is 8.90. The number of nitriles is 1. The fourth-order valence-corrected chi connectivity index (χ4v) is 4.33. The number of rotatable bonds is 5. The first-order valence-electron chi connectivity index (χ1n) is 11.2. The second-order valence-corrected chi connectivity index (χ2v) is 8.97. The Morgan fingerprint density at radius 1 is 1.21 bits per heavy atom. The fourth-order valence-electron chi connectivity index (χ4n) is 4.33. The number of piperidine rings is 1. The molecule has 3 aromatic rings. The summed E-state index contributed by atoms with van der Waals surface area (Å²) in [6, 6.07) is 11.0. The molecule has 0 amide bonds. The summed E-state index contributed by atoms with van der Waals surface area (Å²) in [7, 11) is 1.72. The van der Waals surface area contributed by atoms with E-state index in [1.807, 2.05) is 26.0 Å². The minimum Gasteiger partial charge on any atom is -0.489 e. The number of hydrogen-bond acceptors (Lipinski definition) is 7. The van der Waals surface area contributed by atoms with E-state index >= 15 is 0 Å². The second-order valence-electron chi connectivity index (χ2n) is 8.97. The predicted molar refractivity (Wildman–Crippen MR) is 127 cm³/mol. The molecule has 8 heteroatoms. The van der Waals surface area contributed by atoms with E-state index < -0.39 is 0 Å². The van der Waals surface area contributed by atoms with E-state index in [0.29, 0.717) is 29.2 Å². The summed E-state index contributed by atoms with van der Waals surface area (Å²) < 4.78 is 13.4. The Morgan fingerprint density at radius 2 is 2.00 bits per heavy atom. The topological polar surface area (TPSA) is 93.3 Å². The minimum atomic E-state index is -0.102. The van der Waals surface area contributed by atoms with Gasteiger partial charge < -0.3 is 18.9 Å². The highest BCUT2D eigenvalue weighted by Crippen LogP contribution is 2.33. The molecule has 4 heterocycles. The Balaban J connectivity index is 1.57. The van der Waals surface area contributed by atoms with Crippen LogP contribution in [0.1, 0.15) is 39.8 Å². The monoisotopic (exact) mass is 447 g/mol. The molecule has 0 radical (unpaired) electrons. The van der Waals surface area contributed by atoms with Gasteiger partial charge in [0.15, 0.2) is 0 Å². The summed E-state index contributed by atoms with van der Waals surface area (Å²) in [5.41, 5.74) is 2.36. The second kappa shape index (κ2) is 9.10. The molecule has 4 rings (SSSR count). The van der Waals surface area contributed by atoms with Gasteiger partial charge in [0, 0.05) is 44.1 Å². The van der Waals surface area contributed by atoms with Crippen LogP contribution in [0.15, 0.2) is 41.3 Å². The zero-order valence-corrected chi connectivity index (χ0v) is 19.6. The van der Waals surface area contributed by atoms with Gasteiger partial charge in [-0.1, -0.05) is 6.92 Å². The standard InChI is InChI=1S/C25H29N5O3/c1-15(2)32-19-7-9-23(27-13-19)33-22-10-17(4)30(14-16(22)3)21-11-24(31)29(5)20-8-6-18(12-26)28-25(20)21/h6-9,11,13,15-17,22H,10,14H2,1-5H3/t16-,17-,22?/m0/s1. The summed E-state index contributed by atoms with van der Waals surface area (Å²) in [6.07, 6.45) is 2.53. The zero-order valence-electron chi connectivity index (χ0n) is 19.6. The van der Waals surface area contributed by atoms with Crippen LogP contribution in [0.2, 0.25) is 0 Å². The lowest BCUT2D eigenvalue weighted by Crippen LogP contribution is -2.50. The molecule has 8 nitrogen and oxygen atoms in total. The largest absolute Gasteiger partial charge is 0.489 e. The van der Waals surface area contributed by atoms with Crippen molar-refractivity contribution in [2.24, 2.45) is 13.0 Å². The molecule has 0 aromatic carbocycles. The zero-order chi connectivity index (χ0) is 23.7. The van der Waals surface area contributed by atoms with Gasteiger partial charge in [-0.15, -0.1) is 0 Å².